The van der Waals surface area contributed by atoms with Gasteiger partial charge in [0.2, 0.25) is 0 Å². The van der Waals surface area contributed by atoms with Gasteiger partial charge in [-0.15, -0.1) is 0 Å². The Morgan fingerprint density at radius 1 is 1.37 bits per heavy atom. The molecule has 1 aromatic carbocycles. The number of benzene rings is 1. The van der Waals surface area contributed by atoms with Crippen LogP contribution in [0, 0.1) is 0 Å². The summed E-state index contributed by atoms with van der Waals surface area (Å²) < 4.78 is 5.80. The van der Waals surface area contributed by atoms with Crippen LogP contribution >= 0.6 is 0 Å². The summed E-state index contributed by atoms with van der Waals surface area (Å²) in [4.78, 5) is 14.4. The molecule has 2 saturated heterocycles. The summed E-state index contributed by atoms with van der Waals surface area (Å²) in [5.74, 6) is 0.122. The monoisotopic (exact) mass is 260 g/mol. The first-order valence-corrected chi connectivity index (χ1v) is 6.95. The minimum absolute atomic E-state index is 0.122. The minimum atomic E-state index is -0.128. The van der Waals surface area contributed by atoms with Crippen LogP contribution in [0.4, 0.5) is 0 Å². The molecule has 2 aliphatic rings. The molecule has 0 bridgehead atoms. The van der Waals surface area contributed by atoms with Crippen LogP contribution in [-0.2, 0) is 11.2 Å². The molecule has 1 amide bonds. The van der Waals surface area contributed by atoms with Gasteiger partial charge in [0.1, 0.15) is 5.60 Å². The van der Waals surface area contributed by atoms with Gasteiger partial charge in [-0.2, -0.15) is 0 Å². The van der Waals surface area contributed by atoms with Gasteiger partial charge in [0.15, 0.2) is 0 Å². The van der Waals surface area contributed by atoms with Crippen molar-refractivity contribution in [2.75, 3.05) is 32.8 Å². The lowest BCUT2D eigenvalue weighted by molar-refractivity contribution is -0.126. The zero-order valence-corrected chi connectivity index (χ0v) is 11.3. The van der Waals surface area contributed by atoms with Crippen molar-refractivity contribution in [3.8, 4) is 0 Å². The van der Waals surface area contributed by atoms with Gasteiger partial charge in [-0.05, 0) is 24.1 Å². The Morgan fingerprint density at radius 3 is 2.68 bits per heavy atom. The quantitative estimate of drug-likeness (QED) is 0.864. The van der Waals surface area contributed by atoms with Crippen LogP contribution in [0.5, 0.6) is 0 Å². The summed E-state index contributed by atoms with van der Waals surface area (Å²) in [6.45, 7) is 5.86. The van der Waals surface area contributed by atoms with Crippen LogP contribution in [0.15, 0.2) is 24.3 Å². The van der Waals surface area contributed by atoms with Crippen LogP contribution in [0.3, 0.4) is 0 Å². The number of carbonyl (C=O) groups excluding carboxylic acids is 1. The van der Waals surface area contributed by atoms with E-state index in [2.05, 4.69) is 12.2 Å². The van der Waals surface area contributed by atoms with Crippen molar-refractivity contribution < 1.29 is 9.53 Å². The smallest absolute Gasteiger partial charge is 0.254 e. The lowest BCUT2D eigenvalue weighted by Crippen LogP contribution is -2.69. The topological polar surface area (TPSA) is 41.6 Å². The van der Waals surface area contributed by atoms with E-state index in [1.165, 1.54) is 5.56 Å². The highest BCUT2D eigenvalue weighted by molar-refractivity contribution is 5.94. The summed E-state index contributed by atoms with van der Waals surface area (Å²) in [5.41, 5.74) is 1.91. The third-order valence-electron chi connectivity index (χ3n) is 4.04. The molecule has 4 nitrogen and oxygen atoms in total. The number of nitrogens with one attached hydrogen (secondary N) is 1. The fourth-order valence-corrected chi connectivity index (χ4v) is 2.70. The standard InChI is InChI=1S/C15H20N2O2/c1-2-12-3-5-13(6-4-12)14(18)17-7-8-19-15(11-17)9-16-10-15/h3-6,16H,2,7-11H2,1H3. The van der Waals surface area contributed by atoms with Gasteiger partial charge in [0.05, 0.1) is 13.2 Å². The molecule has 0 saturated carbocycles. The minimum Gasteiger partial charge on any atom is -0.369 e. The Kier molecular flexibility index (Phi) is 3.29. The number of rotatable bonds is 2. The molecule has 102 valence electrons. The second-order valence-electron chi connectivity index (χ2n) is 5.41. The third-order valence-corrected chi connectivity index (χ3v) is 4.04. The Balaban J connectivity index is 1.71. The SMILES string of the molecule is CCc1ccc(C(=O)N2CCOC3(CNC3)C2)cc1. The average molecular weight is 260 g/mol. The molecule has 0 radical (unpaired) electrons. The summed E-state index contributed by atoms with van der Waals surface area (Å²) in [6.07, 6.45) is 1.00. The third kappa shape index (κ3) is 2.38. The van der Waals surface area contributed by atoms with E-state index >= 15 is 0 Å². The van der Waals surface area contributed by atoms with Gasteiger partial charge in [-0.25, -0.2) is 0 Å². The van der Waals surface area contributed by atoms with Gasteiger partial charge in [-0.1, -0.05) is 19.1 Å². The predicted molar refractivity (Wildman–Crippen MR) is 73.3 cm³/mol. The van der Waals surface area contributed by atoms with Crippen molar-refractivity contribution in [1.82, 2.24) is 10.2 Å². The number of ether oxygens (including phenoxy) is 1. The van der Waals surface area contributed by atoms with Gasteiger partial charge in [-0.3, -0.25) is 4.79 Å². The first-order valence-electron chi connectivity index (χ1n) is 6.95. The van der Waals surface area contributed by atoms with E-state index in [-0.39, 0.29) is 11.5 Å². The average Bonchev–Trinajstić information content (AvgIpc) is 2.45. The maximum absolute atomic E-state index is 12.5. The van der Waals surface area contributed by atoms with E-state index < -0.39 is 0 Å². The molecule has 0 aromatic heterocycles. The first-order chi connectivity index (χ1) is 9.22. The summed E-state index contributed by atoms with van der Waals surface area (Å²) in [6, 6.07) is 7.94. The predicted octanol–water partition coefficient (Wildman–Crippen LogP) is 1.06. The first kappa shape index (κ1) is 12.6. The van der Waals surface area contributed by atoms with Crippen LogP contribution in [0.25, 0.3) is 0 Å². The fourth-order valence-electron chi connectivity index (χ4n) is 2.70. The number of amides is 1. The number of hydrogen-bond donors (Lipinski definition) is 1. The maximum atomic E-state index is 12.5. The number of carbonyl (C=O) groups is 1. The van der Waals surface area contributed by atoms with Crippen molar-refractivity contribution in [3.05, 3.63) is 35.4 Å². The molecule has 2 fully saturated rings. The van der Waals surface area contributed by atoms with E-state index in [1.54, 1.807) is 0 Å². The highest BCUT2D eigenvalue weighted by Gasteiger charge is 2.43. The van der Waals surface area contributed by atoms with Crippen molar-refractivity contribution in [2.24, 2.45) is 0 Å². The van der Waals surface area contributed by atoms with Crippen LogP contribution in [0.1, 0.15) is 22.8 Å². The molecule has 19 heavy (non-hydrogen) atoms. The van der Waals surface area contributed by atoms with E-state index in [0.717, 1.165) is 25.1 Å². The normalized spacial score (nSPS) is 21.2. The second-order valence-corrected chi connectivity index (χ2v) is 5.41. The molecule has 4 heteroatoms. The maximum Gasteiger partial charge on any atom is 0.254 e. The van der Waals surface area contributed by atoms with E-state index in [0.29, 0.717) is 19.7 Å². The van der Waals surface area contributed by atoms with Crippen molar-refractivity contribution >= 4 is 5.91 Å². The Hall–Kier alpha value is -1.39. The molecular weight excluding hydrogens is 240 g/mol. The molecular formula is C15H20N2O2. The van der Waals surface area contributed by atoms with Gasteiger partial charge in [0, 0.05) is 25.2 Å². The number of hydrogen-bond acceptors (Lipinski definition) is 3. The largest absolute Gasteiger partial charge is 0.369 e. The van der Waals surface area contributed by atoms with Gasteiger partial charge < -0.3 is 15.0 Å². The summed E-state index contributed by atoms with van der Waals surface area (Å²) in [5, 5.41) is 3.22. The molecule has 0 unspecified atom stereocenters. The lowest BCUT2D eigenvalue weighted by atomic mass is 9.94. The zero-order valence-electron chi connectivity index (χ0n) is 11.3. The van der Waals surface area contributed by atoms with Crippen LogP contribution in [-0.4, -0.2) is 49.2 Å². The van der Waals surface area contributed by atoms with E-state index in [1.807, 2.05) is 29.2 Å². The Morgan fingerprint density at radius 2 is 2.11 bits per heavy atom. The highest BCUT2D eigenvalue weighted by Crippen LogP contribution is 2.23. The molecule has 3 rings (SSSR count). The molecule has 1 spiro atoms. The molecule has 1 aromatic rings. The Bertz CT molecular complexity index is 466. The number of aryl methyl sites for hydroxylation is 1. The fraction of sp³-hybridized carbons (Fsp3) is 0.533. The van der Waals surface area contributed by atoms with Gasteiger partial charge >= 0.3 is 0 Å². The molecule has 2 heterocycles. The van der Waals surface area contributed by atoms with Crippen LogP contribution < -0.4 is 5.32 Å². The van der Waals surface area contributed by atoms with E-state index in [9.17, 15) is 4.79 Å². The summed E-state index contributed by atoms with van der Waals surface area (Å²) >= 11 is 0. The molecule has 2 aliphatic heterocycles. The lowest BCUT2D eigenvalue weighted by Gasteiger charge is -2.48. The number of morpholine rings is 1. The molecule has 1 N–H and O–H groups in total. The second kappa shape index (κ2) is 4.94. The number of nitrogens with zero attached hydrogens (tertiary/aromatic N) is 1. The molecule has 0 atom stereocenters. The summed E-state index contributed by atoms with van der Waals surface area (Å²) in [7, 11) is 0. The highest BCUT2D eigenvalue weighted by atomic mass is 16.5. The van der Waals surface area contributed by atoms with Crippen molar-refractivity contribution in [3.63, 3.8) is 0 Å². The van der Waals surface area contributed by atoms with Crippen molar-refractivity contribution in [2.45, 2.75) is 18.9 Å². The van der Waals surface area contributed by atoms with Gasteiger partial charge in [0.25, 0.3) is 5.91 Å². The molecule has 0 aliphatic carbocycles. The van der Waals surface area contributed by atoms with E-state index in [4.69, 9.17) is 4.74 Å². The van der Waals surface area contributed by atoms with Crippen LogP contribution in [0.2, 0.25) is 0 Å². The Labute approximate surface area is 113 Å². The van der Waals surface area contributed by atoms with Crippen molar-refractivity contribution in [1.29, 1.82) is 0 Å². The zero-order chi connectivity index (χ0) is 13.3.